The highest BCUT2D eigenvalue weighted by atomic mass is 32.2. The van der Waals surface area contributed by atoms with Gasteiger partial charge in [0.05, 0.1) is 16.5 Å². The van der Waals surface area contributed by atoms with E-state index < -0.39 is 10.8 Å². The normalized spacial score (nSPS) is 14.9. The number of hydrogen-bond donors (Lipinski definition) is 0. The minimum atomic E-state index is -0.539. The van der Waals surface area contributed by atoms with Crippen molar-refractivity contribution in [3.05, 3.63) is 287 Å². The highest BCUT2D eigenvalue weighted by Gasteiger charge is 2.50. The second kappa shape index (κ2) is 15.1. The number of benzene rings is 9. The molecule has 0 N–H and O–H groups in total. The van der Waals surface area contributed by atoms with E-state index in [9.17, 15) is 0 Å². The van der Waals surface area contributed by atoms with Crippen LogP contribution in [0.5, 0.6) is 0 Å². The molecule has 1 aliphatic heterocycles. The molecule has 0 saturated carbocycles. The van der Waals surface area contributed by atoms with Crippen LogP contribution in [0.25, 0.3) is 42.4 Å². The Morgan fingerprint density at radius 1 is 0.470 bits per heavy atom. The van der Waals surface area contributed by atoms with Crippen LogP contribution in [0.2, 0.25) is 0 Å². The van der Waals surface area contributed by atoms with Crippen LogP contribution in [0.3, 0.4) is 0 Å². The van der Waals surface area contributed by atoms with E-state index in [0.29, 0.717) is 0 Å². The third-order valence-corrected chi connectivity index (χ3v) is 16.8. The highest BCUT2D eigenvalue weighted by molar-refractivity contribution is 8.03. The summed E-state index contributed by atoms with van der Waals surface area (Å²) in [7, 11) is 0. The number of hydrogen-bond acceptors (Lipinski definition) is 3. The number of fused-ring (bicyclic) bond motifs is 13. The summed E-state index contributed by atoms with van der Waals surface area (Å²) in [5.74, 6) is 0. The summed E-state index contributed by atoms with van der Waals surface area (Å²) in [6.07, 6.45) is 6.21. The molecule has 3 aliphatic rings. The third-order valence-electron chi connectivity index (χ3n) is 14.4. The van der Waals surface area contributed by atoms with Gasteiger partial charge in [-0.25, -0.2) is 0 Å². The lowest BCUT2D eigenvalue weighted by Gasteiger charge is -2.41. The van der Waals surface area contributed by atoms with Crippen molar-refractivity contribution in [3.63, 3.8) is 0 Å². The topological polar surface area (TPSA) is 3.24 Å². The monoisotopic (exact) mass is 877 g/mol. The average Bonchev–Trinajstić information content (AvgIpc) is 4.01. The molecule has 0 saturated heterocycles. The van der Waals surface area contributed by atoms with Crippen molar-refractivity contribution in [2.24, 2.45) is 0 Å². The summed E-state index contributed by atoms with van der Waals surface area (Å²) >= 11 is 3.74. The Bertz CT molecular complexity index is 3580. The fourth-order valence-corrected chi connectivity index (χ4v) is 14.1. The number of rotatable bonds is 7. The van der Waals surface area contributed by atoms with Crippen molar-refractivity contribution >= 4 is 60.3 Å². The van der Waals surface area contributed by atoms with Gasteiger partial charge in [0.1, 0.15) is 0 Å². The molecule has 0 atom stereocenters. The lowest BCUT2D eigenvalue weighted by molar-refractivity contribution is 0.722. The van der Waals surface area contributed by atoms with Crippen molar-refractivity contribution in [1.82, 2.24) is 0 Å². The molecule has 1 spiro atoms. The SMILES string of the molecule is C=C/C=C\C1=C(C)C2(c3cc(N(c4ccc5c(c4)C(c4ccccc4)(c4ccccc4)c4ccccc4-5)c4cccc5sc6ccccc6c45)ccc3S1)c1ccccc1-c1ccccc12. The van der Waals surface area contributed by atoms with Crippen molar-refractivity contribution in [3.8, 4) is 22.3 Å². The molecule has 1 nitrogen and oxygen atoms in total. The Labute approximate surface area is 394 Å². The molecule has 0 unspecified atom stereocenters. The van der Waals surface area contributed by atoms with Crippen LogP contribution in [0.4, 0.5) is 17.1 Å². The van der Waals surface area contributed by atoms with E-state index in [-0.39, 0.29) is 0 Å². The zero-order chi connectivity index (χ0) is 44.0. The van der Waals surface area contributed by atoms with Gasteiger partial charge in [0.2, 0.25) is 0 Å². The van der Waals surface area contributed by atoms with E-state index in [1.165, 1.54) is 96.7 Å². The Morgan fingerprint density at radius 3 is 1.65 bits per heavy atom. The Morgan fingerprint density at radius 2 is 1.00 bits per heavy atom. The van der Waals surface area contributed by atoms with Gasteiger partial charge in [-0.2, -0.15) is 0 Å². The van der Waals surface area contributed by atoms with Crippen molar-refractivity contribution in [2.75, 3.05) is 4.90 Å². The number of allylic oxidation sites excluding steroid dienone is 4. The number of thioether (sulfide) groups is 1. The van der Waals surface area contributed by atoms with Crippen molar-refractivity contribution < 1.29 is 0 Å². The van der Waals surface area contributed by atoms with Crippen LogP contribution in [0.15, 0.2) is 253 Å². The zero-order valence-corrected chi connectivity index (χ0v) is 38.0. The van der Waals surface area contributed by atoms with Crippen molar-refractivity contribution in [2.45, 2.75) is 22.6 Å². The van der Waals surface area contributed by atoms with E-state index in [1.54, 1.807) is 0 Å². The molecule has 3 heteroatoms. The van der Waals surface area contributed by atoms with Crippen molar-refractivity contribution in [1.29, 1.82) is 0 Å². The zero-order valence-electron chi connectivity index (χ0n) is 36.4. The van der Waals surface area contributed by atoms with Crippen LogP contribution < -0.4 is 4.90 Å². The van der Waals surface area contributed by atoms with E-state index in [4.69, 9.17) is 0 Å². The lowest BCUT2D eigenvalue weighted by Crippen LogP contribution is -2.32. The largest absolute Gasteiger partial charge is 0.310 e. The van der Waals surface area contributed by atoms with Gasteiger partial charge in [-0.3, -0.25) is 0 Å². The van der Waals surface area contributed by atoms with E-state index in [2.05, 4.69) is 243 Å². The van der Waals surface area contributed by atoms with Crippen LogP contribution in [-0.4, -0.2) is 0 Å². The molecular weight excluding hydrogens is 835 g/mol. The first-order valence-corrected chi connectivity index (χ1v) is 24.3. The molecule has 312 valence electrons. The maximum Gasteiger partial charge on any atom is 0.0714 e. The maximum absolute atomic E-state index is 4.05. The van der Waals surface area contributed by atoms with Gasteiger partial charge < -0.3 is 4.90 Å². The van der Waals surface area contributed by atoms with Crippen LogP contribution in [0.1, 0.15) is 45.9 Å². The predicted octanol–water partition coefficient (Wildman–Crippen LogP) is 17.3. The fraction of sp³-hybridized carbons (Fsp3) is 0.0476. The quantitative estimate of drug-likeness (QED) is 0.147. The molecule has 13 rings (SSSR count). The van der Waals surface area contributed by atoms with Gasteiger partial charge in [-0.15, -0.1) is 11.3 Å². The van der Waals surface area contributed by atoms with Gasteiger partial charge in [-0.1, -0.05) is 194 Å². The van der Waals surface area contributed by atoms with Gasteiger partial charge in [0, 0.05) is 41.3 Å². The second-order valence-electron chi connectivity index (χ2n) is 17.5. The van der Waals surface area contributed by atoms with E-state index >= 15 is 0 Å². The van der Waals surface area contributed by atoms with Crippen LogP contribution in [-0.2, 0) is 10.8 Å². The van der Waals surface area contributed by atoms with Gasteiger partial charge >= 0.3 is 0 Å². The number of anilines is 3. The second-order valence-corrected chi connectivity index (χ2v) is 19.7. The predicted molar refractivity (Wildman–Crippen MR) is 281 cm³/mol. The summed E-state index contributed by atoms with van der Waals surface area (Å²) in [5.41, 5.74) is 17.9. The van der Waals surface area contributed by atoms with Gasteiger partial charge in [0.25, 0.3) is 0 Å². The van der Waals surface area contributed by atoms with Gasteiger partial charge in [-0.05, 0) is 128 Å². The molecule has 1 aromatic heterocycles. The first-order chi connectivity index (χ1) is 32.6. The number of thiophene rings is 1. The fourth-order valence-electron chi connectivity index (χ4n) is 11.8. The molecule has 9 aromatic carbocycles. The Kier molecular flexibility index (Phi) is 8.90. The minimum absolute atomic E-state index is 0.507. The van der Waals surface area contributed by atoms with Crippen LogP contribution in [0, 0.1) is 0 Å². The van der Waals surface area contributed by atoms with E-state index in [0.717, 1.165) is 17.1 Å². The standard InChI is InChI=1S/C63H43NS2/c1-3-4-32-57-41(2)62(51-28-15-11-24-46(51)47-25-12-16-29-52(47)62)55-40-45(36-38-59(55)65-57)64(56-31-19-34-60-61(56)50-27-14-18-33-58(50)66-60)44-35-37-49-48-26-13-17-30-53(48)63(54(49)39-44,42-20-7-5-8-21-42)43-22-9-6-10-23-43/h3-40H,1H2,2H3/b32-4-. The maximum atomic E-state index is 4.05. The third kappa shape index (κ3) is 5.36. The minimum Gasteiger partial charge on any atom is -0.310 e. The molecule has 0 amide bonds. The summed E-state index contributed by atoms with van der Waals surface area (Å²) in [5, 5.41) is 2.54. The first kappa shape index (κ1) is 39.0. The highest BCUT2D eigenvalue weighted by Crippen LogP contribution is 2.63. The summed E-state index contributed by atoms with van der Waals surface area (Å²) in [6.45, 7) is 6.41. The van der Waals surface area contributed by atoms with E-state index in [1.807, 2.05) is 29.2 Å². The van der Waals surface area contributed by atoms with Gasteiger partial charge in [0.15, 0.2) is 0 Å². The Hall–Kier alpha value is -7.43. The van der Waals surface area contributed by atoms with Crippen LogP contribution >= 0.6 is 23.1 Å². The number of nitrogens with zero attached hydrogens (tertiary/aromatic N) is 1. The molecule has 66 heavy (non-hydrogen) atoms. The molecule has 2 aliphatic carbocycles. The average molecular weight is 878 g/mol. The smallest absolute Gasteiger partial charge is 0.0714 e. The summed E-state index contributed by atoms with van der Waals surface area (Å²) < 4.78 is 2.56. The molecule has 10 aromatic rings. The first-order valence-electron chi connectivity index (χ1n) is 22.7. The molecular formula is C63H43NS2. The summed E-state index contributed by atoms with van der Waals surface area (Å²) in [4.78, 5) is 5.07. The lowest BCUT2D eigenvalue weighted by atomic mass is 9.67. The molecule has 0 bridgehead atoms. The molecule has 2 heterocycles. The summed E-state index contributed by atoms with van der Waals surface area (Å²) in [6, 6.07) is 79.7. The molecule has 0 fully saturated rings. The Balaban J connectivity index is 1.12. The molecule has 0 radical (unpaired) electrons.